The first-order valence-corrected chi connectivity index (χ1v) is 8.56. The molecule has 0 aromatic rings. The molecule has 16 heavy (non-hydrogen) atoms. The molecule has 0 aromatic carbocycles. The molecule has 0 bridgehead atoms. The highest BCUT2D eigenvalue weighted by atomic mass is 35.7. The van der Waals surface area contributed by atoms with Crippen molar-refractivity contribution in [3.8, 4) is 0 Å². The van der Waals surface area contributed by atoms with Crippen LogP contribution in [0.15, 0.2) is 0 Å². The molecule has 0 saturated heterocycles. The van der Waals surface area contributed by atoms with Gasteiger partial charge >= 0.3 is 0 Å². The van der Waals surface area contributed by atoms with E-state index in [1.54, 1.807) is 0 Å². The molecular weight excluding hydrogens is 248 g/mol. The Morgan fingerprint density at radius 3 is 2.38 bits per heavy atom. The van der Waals surface area contributed by atoms with Crippen LogP contribution in [0.3, 0.4) is 0 Å². The van der Waals surface area contributed by atoms with Crippen molar-refractivity contribution in [2.75, 3.05) is 19.0 Å². The molecule has 0 spiro atoms. The predicted octanol–water partition coefficient (Wildman–Crippen LogP) is 2.93. The van der Waals surface area contributed by atoms with Gasteiger partial charge in [-0.15, -0.1) is 0 Å². The molecule has 1 aliphatic rings. The van der Waals surface area contributed by atoms with Crippen molar-refractivity contribution in [1.29, 1.82) is 0 Å². The van der Waals surface area contributed by atoms with Gasteiger partial charge in [-0.25, -0.2) is 8.42 Å². The number of hydrogen-bond donors (Lipinski definition) is 0. The van der Waals surface area contributed by atoms with E-state index in [2.05, 4.69) is 0 Å². The van der Waals surface area contributed by atoms with Crippen molar-refractivity contribution >= 4 is 19.7 Å². The van der Waals surface area contributed by atoms with E-state index in [0.717, 1.165) is 38.4 Å². The fourth-order valence-electron chi connectivity index (χ4n) is 1.74. The van der Waals surface area contributed by atoms with Crippen LogP contribution < -0.4 is 0 Å². The molecule has 0 N–H and O–H groups in total. The quantitative estimate of drug-likeness (QED) is 0.477. The maximum Gasteiger partial charge on any atom is 0.232 e. The Morgan fingerprint density at radius 2 is 1.81 bits per heavy atom. The number of unbranched alkanes of at least 4 members (excludes halogenated alkanes) is 3. The Balaban J connectivity index is 1.77. The molecule has 1 fully saturated rings. The third kappa shape index (κ3) is 7.47. The summed E-state index contributed by atoms with van der Waals surface area (Å²) >= 11 is 0. The Morgan fingerprint density at radius 1 is 1.12 bits per heavy atom. The second-order valence-electron chi connectivity index (χ2n) is 4.53. The van der Waals surface area contributed by atoms with Crippen LogP contribution in [0.5, 0.6) is 0 Å². The van der Waals surface area contributed by atoms with Crippen molar-refractivity contribution in [3.05, 3.63) is 0 Å². The Labute approximate surface area is 103 Å². The molecule has 0 heterocycles. The lowest BCUT2D eigenvalue weighted by atomic mass is 9.86. The minimum Gasteiger partial charge on any atom is -0.381 e. The summed E-state index contributed by atoms with van der Waals surface area (Å²) < 4.78 is 26.8. The third-order valence-electron chi connectivity index (χ3n) is 3.01. The fourth-order valence-corrected chi connectivity index (χ4v) is 2.62. The standard InChI is InChI=1S/C11H21ClO3S/c12-16(13,14)9-4-2-1-3-8-15-10-11-6-5-7-11/h11H,1-10H2. The molecule has 1 rings (SSSR count). The summed E-state index contributed by atoms with van der Waals surface area (Å²) in [5, 5.41) is 0. The molecule has 1 saturated carbocycles. The van der Waals surface area contributed by atoms with Crippen molar-refractivity contribution in [1.82, 2.24) is 0 Å². The van der Waals surface area contributed by atoms with E-state index in [1.165, 1.54) is 19.3 Å². The van der Waals surface area contributed by atoms with Gasteiger partial charge in [0.1, 0.15) is 0 Å². The van der Waals surface area contributed by atoms with Gasteiger partial charge in [-0.3, -0.25) is 0 Å². The van der Waals surface area contributed by atoms with E-state index >= 15 is 0 Å². The molecule has 1 aliphatic carbocycles. The summed E-state index contributed by atoms with van der Waals surface area (Å²) in [6, 6.07) is 0. The Kier molecular flexibility index (Phi) is 6.70. The van der Waals surface area contributed by atoms with Crippen LogP contribution in [0.2, 0.25) is 0 Å². The smallest absolute Gasteiger partial charge is 0.232 e. The predicted molar refractivity (Wildman–Crippen MR) is 66.3 cm³/mol. The number of halogens is 1. The first-order chi connectivity index (χ1) is 7.58. The molecule has 0 amide bonds. The molecule has 5 heteroatoms. The average Bonchev–Trinajstić information content (AvgIpc) is 2.10. The maximum atomic E-state index is 10.6. The van der Waals surface area contributed by atoms with Crippen molar-refractivity contribution in [2.45, 2.75) is 44.9 Å². The summed E-state index contributed by atoms with van der Waals surface area (Å²) in [4.78, 5) is 0. The minimum absolute atomic E-state index is 0.0947. The number of ether oxygens (including phenoxy) is 1. The third-order valence-corrected chi connectivity index (χ3v) is 4.24. The molecule has 0 unspecified atom stereocenters. The molecule has 0 atom stereocenters. The van der Waals surface area contributed by atoms with Crippen LogP contribution in [0.4, 0.5) is 0 Å². The van der Waals surface area contributed by atoms with E-state index in [-0.39, 0.29) is 5.75 Å². The molecule has 3 nitrogen and oxygen atoms in total. The van der Waals surface area contributed by atoms with E-state index in [1.807, 2.05) is 0 Å². The SMILES string of the molecule is O=S(=O)(Cl)CCCCCCOCC1CCC1. The number of hydrogen-bond acceptors (Lipinski definition) is 3. The normalized spacial score (nSPS) is 17.3. The molecule has 0 radical (unpaired) electrons. The maximum absolute atomic E-state index is 10.6. The van der Waals surface area contributed by atoms with Gasteiger partial charge in [-0.2, -0.15) is 0 Å². The van der Waals surface area contributed by atoms with Crippen LogP contribution in [0.25, 0.3) is 0 Å². The average molecular weight is 269 g/mol. The van der Waals surface area contributed by atoms with E-state index in [0.29, 0.717) is 6.42 Å². The van der Waals surface area contributed by atoms with E-state index in [4.69, 9.17) is 15.4 Å². The molecule has 0 aliphatic heterocycles. The monoisotopic (exact) mass is 268 g/mol. The lowest BCUT2D eigenvalue weighted by Gasteiger charge is -2.24. The van der Waals surface area contributed by atoms with Gasteiger partial charge in [0.15, 0.2) is 0 Å². The highest BCUT2D eigenvalue weighted by Gasteiger charge is 2.16. The van der Waals surface area contributed by atoms with E-state index in [9.17, 15) is 8.42 Å². The second kappa shape index (κ2) is 7.51. The molecular formula is C11H21ClO3S. The Hall–Kier alpha value is 0.200. The fraction of sp³-hybridized carbons (Fsp3) is 1.00. The highest BCUT2D eigenvalue weighted by molar-refractivity contribution is 8.13. The van der Waals surface area contributed by atoms with Gasteiger partial charge in [0.25, 0.3) is 0 Å². The van der Waals surface area contributed by atoms with Gasteiger partial charge in [0, 0.05) is 23.9 Å². The van der Waals surface area contributed by atoms with Crippen LogP contribution >= 0.6 is 10.7 Å². The summed E-state index contributed by atoms with van der Waals surface area (Å²) in [5.41, 5.74) is 0. The lowest BCUT2D eigenvalue weighted by molar-refractivity contribution is 0.0679. The van der Waals surface area contributed by atoms with Gasteiger partial charge in [0.2, 0.25) is 9.05 Å². The van der Waals surface area contributed by atoms with Crippen molar-refractivity contribution < 1.29 is 13.2 Å². The van der Waals surface area contributed by atoms with Gasteiger partial charge in [0.05, 0.1) is 5.75 Å². The van der Waals surface area contributed by atoms with Gasteiger partial charge < -0.3 is 4.74 Å². The van der Waals surface area contributed by atoms with Gasteiger partial charge in [-0.1, -0.05) is 19.3 Å². The largest absolute Gasteiger partial charge is 0.381 e. The molecule has 96 valence electrons. The first-order valence-electron chi connectivity index (χ1n) is 6.08. The van der Waals surface area contributed by atoms with Crippen LogP contribution in [0.1, 0.15) is 44.9 Å². The molecule has 0 aromatic heterocycles. The first kappa shape index (κ1) is 14.3. The summed E-state index contributed by atoms with van der Waals surface area (Å²) in [6.07, 6.45) is 7.64. The summed E-state index contributed by atoms with van der Waals surface area (Å²) in [7, 11) is 1.81. The summed E-state index contributed by atoms with van der Waals surface area (Å²) in [5.74, 6) is 0.902. The topological polar surface area (TPSA) is 43.4 Å². The van der Waals surface area contributed by atoms with Crippen molar-refractivity contribution in [3.63, 3.8) is 0 Å². The van der Waals surface area contributed by atoms with Crippen LogP contribution in [-0.4, -0.2) is 27.4 Å². The van der Waals surface area contributed by atoms with Gasteiger partial charge in [-0.05, 0) is 31.6 Å². The lowest BCUT2D eigenvalue weighted by Crippen LogP contribution is -2.17. The Bertz CT molecular complexity index is 273. The zero-order valence-corrected chi connectivity index (χ0v) is 11.2. The minimum atomic E-state index is -3.29. The number of rotatable bonds is 9. The van der Waals surface area contributed by atoms with E-state index < -0.39 is 9.05 Å². The van der Waals surface area contributed by atoms with Crippen LogP contribution in [-0.2, 0) is 13.8 Å². The second-order valence-corrected chi connectivity index (χ2v) is 7.43. The highest BCUT2D eigenvalue weighted by Crippen LogP contribution is 2.26. The van der Waals surface area contributed by atoms with Crippen molar-refractivity contribution in [2.24, 2.45) is 5.92 Å². The summed E-state index contributed by atoms with van der Waals surface area (Å²) in [6.45, 7) is 1.72. The van der Waals surface area contributed by atoms with Crippen LogP contribution in [0, 0.1) is 5.92 Å². The zero-order chi connectivity index (χ0) is 11.9. The zero-order valence-electron chi connectivity index (χ0n) is 9.66.